The zero-order chi connectivity index (χ0) is 40.5. The van der Waals surface area contributed by atoms with Crippen LogP contribution < -0.4 is 30.2 Å². The van der Waals surface area contributed by atoms with E-state index in [1.54, 1.807) is 58.2 Å². The zero-order valence-electron chi connectivity index (χ0n) is 32.8. The standard InChI is InChI=1S/C41H56N4O10/c1-28-16-19-32(34(27-28)54-25-11-7-8-15-35(48)45(21-23-46)22-24-47)44(5)39(50)30-17-18-31(38(52-6)36(30)42)37(49)29-13-9-10-14-33(29)53-26-12-20-43-40(51)55-41(2,3)4/h9-10,13-14,16-19,27,46-47H,7-8,11-12,15,20-26,42H2,1-6H3,(H,43,51). The summed E-state index contributed by atoms with van der Waals surface area (Å²) in [5.41, 5.74) is 7.91. The van der Waals surface area contributed by atoms with Crippen molar-refractivity contribution in [2.45, 2.75) is 65.4 Å². The summed E-state index contributed by atoms with van der Waals surface area (Å²) in [4.78, 5) is 55.0. The van der Waals surface area contributed by atoms with Gasteiger partial charge in [-0.3, -0.25) is 14.4 Å². The van der Waals surface area contributed by atoms with E-state index < -0.39 is 23.4 Å². The first-order valence-electron chi connectivity index (χ1n) is 18.4. The smallest absolute Gasteiger partial charge is 0.407 e. The Balaban J connectivity index is 1.68. The molecule has 0 atom stereocenters. The molecule has 0 bridgehead atoms. The number of nitrogens with zero attached hydrogens (tertiary/aromatic N) is 2. The lowest BCUT2D eigenvalue weighted by Gasteiger charge is -2.23. The molecule has 0 aliphatic carbocycles. The molecule has 0 saturated heterocycles. The molecular formula is C41H56N4O10. The van der Waals surface area contributed by atoms with Crippen molar-refractivity contribution in [3.05, 3.63) is 76.9 Å². The molecule has 0 spiro atoms. The van der Waals surface area contributed by atoms with Crippen molar-refractivity contribution in [3.63, 3.8) is 0 Å². The van der Waals surface area contributed by atoms with Gasteiger partial charge in [0.2, 0.25) is 11.7 Å². The molecule has 3 rings (SSSR count). The lowest BCUT2D eigenvalue weighted by Crippen LogP contribution is -2.35. The van der Waals surface area contributed by atoms with Gasteiger partial charge in [0, 0.05) is 33.1 Å². The molecule has 14 heteroatoms. The predicted molar refractivity (Wildman–Crippen MR) is 210 cm³/mol. The number of para-hydroxylation sites is 1. The molecule has 0 aliphatic heterocycles. The van der Waals surface area contributed by atoms with Crippen LogP contribution in [0, 0.1) is 6.92 Å². The van der Waals surface area contributed by atoms with E-state index in [1.807, 2.05) is 19.1 Å². The average Bonchev–Trinajstić information content (AvgIpc) is 3.14. The Hall–Kier alpha value is -5.34. The number of unbranched alkanes of at least 4 members (excludes halogenated alkanes) is 2. The second kappa shape index (κ2) is 21.5. The topological polar surface area (TPSA) is 190 Å². The molecule has 55 heavy (non-hydrogen) atoms. The van der Waals surface area contributed by atoms with Gasteiger partial charge >= 0.3 is 6.09 Å². The molecule has 0 saturated carbocycles. The lowest BCUT2D eigenvalue weighted by atomic mass is 9.98. The maximum absolute atomic E-state index is 13.9. The van der Waals surface area contributed by atoms with Crippen LogP contribution in [-0.4, -0.2) is 105 Å². The summed E-state index contributed by atoms with van der Waals surface area (Å²) in [6, 6.07) is 15.3. The minimum absolute atomic E-state index is 0.00233. The number of nitrogens with two attached hydrogens (primary N) is 1. The van der Waals surface area contributed by atoms with Gasteiger partial charge < -0.3 is 50.0 Å². The highest BCUT2D eigenvalue weighted by molar-refractivity contribution is 6.16. The van der Waals surface area contributed by atoms with Gasteiger partial charge in [-0.05, 0) is 95.3 Å². The van der Waals surface area contributed by atoms with E-state index in [0.29, 0.717) is 56.0 Å². The van der Waals surface area contributed by atoms with Crippen LogP contribution in [0.5, 0.6) is 17.2 Å². The highest BCUT2D eigenvalue weighted by Crippen LogP contribution is 2.36. The number of amides is 3. The van der Waals surface area contributed by atoms with Crippen LogP contribution in [0.2, 0.25) is 0 Å². The molecule has 5 N–H and O–H groups in total. The van der Waals surface area contributed by atoms with E-state index in [0.717, 1.165) is 12.0 Å². The summed E-state index contributed by atoms with van der Waals surface area (Å²) in [5, 5.41) is 21.0. The Kier molecular flexibility index (Phi) is 17.2. The fourth-order valence-corrected chi connectivity index (χ4v) is 5.67. The van der Waals surface area contributed by atoms with Gasteiger partial charge in [0.1, 0.15) is 17.1 Å². The number of aliphatic hydroxyl groups is 2. The number of alkyl carbamates (subject to hydrolysis) is 1. The Morgan fingerprint density at radius 1 is 0.818 bits per heavy atom. The summed E-state index contributed by atoms with van der Waals surface area (Å²) >= 11 is 0. The SMILES string of the molecule is COc1c(C(=O)c2ccccc2OCCCNC(=O)OC(C)(C)C)ccc(C(=O)N(C)c2ccc(C)cc2OCCCCCC(=O)N(CCO)CCO)c1N. The normalized spacial score (nSPS) is 11.1. The third kappa shape index (κ3) is 13.2. The van der Waals surface area contributed by atoms with Crippen LogP contribution in [0.3, 0.4) is 0 Å². The first-order chi connectivity index (χ1) is 26.2. The van der Waals surface area contributed by atoms with E-state index in [4.69, 9.17) is 34.9 Å². The summed E-state index contributed by atoms with van der Waals surface area (Å²) in [6.07, 6.45) is 2.26. The molecule has 3 amide bonds. The fraction of sp³-hybridized carbons (Fsp3) is 0.463. The average molecular weight is 765 g/mol. The summed E-state index contributed by atoms with van der Waals surface area (Å²) in [7, 11) is 2.99. The minimum Gasteiger partial charge on any atom is -0.494 e. The van der Waals surface area contributed by atoms with Crippen LogP contribution in [0.4, 0.5) is 16.2 Å². The lowest BCUT2D eigenvalue weighted by molar-refractivity contribution is -0.132. The van der Waals surface area contributed by atoms with Crippen LogP contribution >= 0.6 is 0 Å². The Bertz CT molecular complexity index is 1750. The molecule has 3 aromatic carbocycles. The van der Waals surface area contributed by atoms with Crippen LogP contribution in [-0.2, 0) is 9.53 Å². The van der Waals surface area contributed by atoms with Crippen molar-refractivity contribution in [3.8, 4) is 17.2 Å². The maximum Gasteiger partial charge on any atom is 0.407 e. The number of benzene rings is 3. The van der Waals surface area contributed by atoms with Gasteiger partial charge in [0.25, 0.3) is 5.91 Å². The highest BCUT2D eigenvalue weighted by atomic mass is 16.6. The third-order valence-electron chi connectivity index (χ3n) is 8.42. The number of anilines is 2. The fourth-order valence-electron chi connectivity index (χ4n) is 5.67. The largest absolute Gasteiger partial charge is 0.494 e. The number of ether oxygens (including phenoxy) is 4. The number of aliphatic hydroxyl groups excluding tert-OH is 2. The van der Waals surface area contributed by atoms with Crippen molar-refractivity contribution in [2.24, 2.45) is 0 Å². The number of nitrogens with one attached hydrogen (secondary N) is 1. The highest BCUT2D eigenvalue weighted by Gasteiger charge is 2.26. The van der Waals surface area contributed by atoms with Crippen LogP contribution in [0.15, 0.2) is 54.6 Å². The number of nitrogen functional groups attached to an aromatic ring is 1. The van der Waals surface area contributed by atoms with Gasteiger partial charge in [-0.25, -0.2) is 4.79 Å². The van der Waals surface area contributed by atoms with E-state index in [9.17, 15) is 19.2 Å². The number of carbonyl (C=O) groups excluding carboxylic acids is 4. The molecule has 0 heterocycles. The minimum atomic E-state index is -0.605. The summed E-state index contributed by atoms with van der Waals surface area (Å²) in [5.74, 6) is -0.0802. The van der Waals surface area contributed by atoms with E-state index >= 15 is 0 Å². The van der Waals surface area contributed by atoms with Crippen molar-refractivity contribution in [1.82, 2.24) is 10.2 Å². The Morgan fingerprint density at radius 2 is 1.47 bits per heavy atom. The number of hydrogen-bond acceptors (Lipinski definition) is 11. The summed E-state index contributed by atoms with van der Waals surface area (Å²) < 4.78 is 22.9. The third-order valence-corrected chi connectivity index (χ3v) is 8.42. The van der Waals surface area contributed by atoms with Gasteiger partial charge in [-0.1, -0.05) is 18.2 Å². The molecule has 3 aromatic rings. The second-order valence-electron chi connectivity index (χ2n) is 13.9. The van der Waals surface area contributed by atoms with Crippen LogP contribution in [0.1, 0.15) is 84.7 Å². The second-order valence-corrected chi connectivity index (χ2v) is 13.9. The summed E-state index contributed by atoms with van der Waals surface area (Å²) in [6.45, 7) is 8.22. The number of aryl methyl sites for hydroxylation is 1. The Morgan fingerprint density at radius 3 is 2.15 bits per heavy atom. The molecule has 0 aliphatic rings. The zero-order valence-corrected chi connectivity index (χ0v) is 32.8. The van der Waals surface area contributed by atoms with E-state index in [2.05, 4.69) is 5.32 Å². The van der Waals surface area contributed by atoms with Gasteiger partial charge in [-0.2, -0.15) is 0 Å². The number of hydrogen-bond donors (Lipinski definition) is 4. The van der Waals surface area contributed by atoms with Crippen molar-refractivity contribution < 1.29 is 48.3 Å². The van der Waals surface area contributed by atoms with Gasteiger partial charge in [-0.15, -0.1) is 0 Å². The first-order valence-corrected chi connectivity index (χ1v) is 18.4. The molecule has 0 fully saturated rings. The van der Waals surface area contributed by atoms with Crippen molar-refractivity contribution in [2.75, 3.05) is 70.9 Å². The molecular weight excluding hydrogens is 708 g/mol. The van der Waals surface area contributed by atoms with Crippen molar-refractivity contribution >= 4 is 35.1 Å². The molecule has 0 unspecified atom stereocenters. The van der Waals surface area contributed by atoms with Gasteiger partial charge in [0.05, 0.1) is 61.6 Å². The maximum atomic E-state index is 13.9. The number of rotatable bonds is 21. The van der Waals surface area contributed by atoms with Crippen LogP contribution in [0.25, 0.3) is 0 Å². The Labute approximate surface area is 323 Å². The first kappa shape index (κ1) is 44.1. The van der Waals surface area contributed by atoms with E-state index in [1.165, 1.54) is 29.0 Å². The molecule has 14 nitrogen and oxygen atoms in total. The molecule has 0 aromatic heterocycles. The number of carbonyl (C=O) groups is 4. The number of ketones is 1. The monoisotopic (exact) mass is 764 g/mol. The van der Waals surface area contributed by atoms with Crippen molar-refractivity contribution in [1.29, 1.82) is 0 Å². The van der Waals surface area contributed by atoms with Gasteiger partial charge in [0.15, 0.2) is 5.75 Å². The predicted octanol–water partition coefficient (Wildman–Crippen LogP) is 5.14. The molecule has 300 valence electrons. The quantitative estimate of drug-likeness (QED) is 0.0639. The number of methoxy groups -OCH3 is 1. The molecule has 0 radical (unpaired) electrons. The van der Waals surface area contributed by atoms with E-state index in [-0.39, 0.29) is 66.9 Å².